The summed E-state index contributed by atoms with van der Waals surface area (Å²) in [4.78, 5) is 25.0. The predicted molar refractivity (Wildman–Crippen MR) is 71.1 cm³/mol. The SMILES string of the molecule is COc1ccc(C(=O)NC2CCN(C(C)=O)C2)cc1. The fourth-order valence-corrected chi connectivity index (χ4v) is 2.18. The lowest BCUT2D eigenvalue weighted by atomic mass is 10.2. The molecule has 19 heavy (non-hydrogen) atoms. The summed E-state index contributed by atoms with van der Waals surface area (Å²) >= 11 is 0. The first-order chi connectivity index (χ1) is 9.10. The zero-order valence-corrected chi connectivity index (χ0v) is 11.2. The van der Waals surface area contributed by atoms with Crippen molar-refractivity contribution in [2.75, 3.05) is 20.2 Å². The molecule has 2 rings (SSSR count). The van der Waals surface area contributed by atoms with Crippen LogP contribution in [0.1, 0.15) is 23.7 Å². The number of hydrogen-bond donors (Lipinski definition) is 1. The van der Waals surface area contributed by atoms with Gasteiger partial charge in [-0.3, -0.25) is 9.59 Å². The number of nitrogens with zero attached hydrogens (tertiary/aromatic N) is 1. The lowest BCUT2D eigenvalue weighted by Gasteiger charge is -2.15. The van der Waals surface area contributed by atoms with Crippen LogP contribution in [0.5, 0.6) is 5.75 Å². The van der Waals surface area contributed by atoms with Gasteiger partial charge in [0.25, 0.3) is 5.91 Å². The van der Waals surface area contributed by atoms with Crippen molar-refractivity contribution in [3.8, 4) is 5.75 Å². The van der Waals surface area contributed by atoms with Gasteiger partial charge in [0.2, 0.25) is 5.91 Å². The molecule has 1 atom stereocenters. The number of hydrogen-bond acceptors (Lipinski definition) is 3. The number of rotatable bonds is 3. The maximum Gasteiger partial charge on any atom is 0.251 e. The molecule has 0 saturated carbocycles. The van der Waals surface area contributed by atoms with E-state index in [1.165, 1.54) is 0 Å². The molecule has 1 fully saturated rings. The molecule has 1 aromatic carbocycles. The van der Waals surface area contributed by atoms with Crippen molar-refractivity contribution in [3.05, 3.63) is 29.8 Å². The lowest BCUT2D eigenvalue weighted by molar-refractivity contribution is -0.127. The van der Waals surface area contributed by atoms with Gasteiger partial charge in [-0.2, -0.15) is 0 Å². The maximum atomic E-state index is 12.0. The Hall–Kier alpha value is -2.04. The molecule has 0 aromatic heterocycles. The second-order valence-corrected chi connectivity index (χ2v) is 4.65. The van der Waals surface area contributed by atoms with Crippen molar-refractivity contribution in [1.82, 2.24) is 10.2 Å². The van der Waals surface area contributed by atoms with Crippen LogP contribution in [-0.2, 0) is 4.79 Å². The molecule has 2 amide bonds. The number of ether oxygens (including phenoxy) is 1. The van der Waals surface area contributed by atoms with Crippen molar-refractivity contribution >= 4 is 11.8 Å². The molecule has 1 heterocycles. The summed E-state index contributed by atoms with van der Waals surface area (Å²) in [5.74, 6) is 0.666. The molecule has 1 aliphatic rings. The maximum absolute atomic E-state index is 12.0. The molecule has 5 heteroatoms. The van der Waals surface area contributed by atoms with E-state index in [0.717, 1.165) is 12.2 Å². The molecule has 1 aromatic rings. The molecule has 0 bridgehead atoms. The second-order valence-electron chi connectivity index (χ2n) is 4.65. The largest absolute Gasteiger partial charge is 0.497 e. The minimum absolute atomic E-state index is 0.0403. The Morgan fingerprint density at radius 3 is 2.53 bits per heavy atom. The fourth-order valence-electron chi connectivity index (χ4n) is 2.18. The Bertz CT molecular complexity index is 470. The van der Waals surface area contributed by atoms with Crippen LogP contribution in [0.15, 0.2) is 24.3 Å². The smallest absolute Gasteiger partial charge is 0.251 e. The van der Waals surface area contributed by atoms with Gasteiger partial charge < -0.3 is 15.0 Å². The summed E-state index contributed by atoms with van der Waals surface area (Å²) in [6.45, 7) is 2.85. The van der Waals surface area contributed by atoms with Gasteiger partial charge in [0, 0.05) is 31.6 Å². The van der Waals surface area contributed by atoms with E-state index in [9.17, 15) is 9.59 Å². The molecule has 0 radical (unpaired) electrons. The zero-order valence-electron chi connectivity index (χ0n) is 11.2. The van der Waals surface area contributed by atoms with Crippen LogP contribution in [-0.4, -0.2) is 43.0 Å². The molecule has 102 valence electrons. The minimum atomic E-state index is -0.113. The Morgan fingerprint density at radius 2 is 2.00 bits per heavy atom. The fraction of sp³-hybridized carbons (Fsp3) is 0.429. The zero-order chi connectivity index (χ0) is 13.8. The molecule has 1 aliphatic heterocycles. The first kappa shape index (κ1) is 13.4. The third-order valence-corrected chi connectivity index (χ3v) is 3.32. The molecule has 1 unspecified atom stereocenters. The van der Waals surface area contributed by atoms with Crippen molar-refractivity contribution in [2.45, 2.75) is 19.4 Å². The second kappa shape index (κ2) is 5.73. The molecule has 0 aliphatic carbocycles. The van der Waals surface area contributed by atoms with Crippen LogP contribution in [0.4, 0.5) is 0 Å². The molecular formula is C14H18N2O3. The van der Waals surface area contributed by atoms with Gasteiger partial charge in [0.05, 0.1) is 7.11 Å². The average molecular weight is 262 g/mol. The normalized spacial score (nSPS) is 18.2. The van der Waals surface area contributed by atoms with Crippen molar-refractivity contribution in [2.24, 2.45) is 0 Å². The Kier molecular flexibility index (Phi) is 4.04. The molecular weight excluding hydrogens is 244 g/mol. The number of amides is 2. The van der Waals surface area contributed by atoms with E-state index in [1.54, 1.807) is 43.2 Å². The van der Waals surface area contributed by atoms with E-state index in [-0.39, 0.29) is 17.9 Å². The first-order valence-corrected chi connectivity index (χ1v) is 6.30. The minimum Gasteiger partial charge on any atom is -0.497 e. The van der Waals surface area contributed by atoms with Gasteiger partial charge in [-0.1, -0.05) is 0 Å². The van der Waals surface area contributed by atoms with Gasteiger partial charge in [-0.25, -0.2) is 0 Å². The molecule has 0 spiro atoms. The number of benzene rings is 1. The topological polar surface area (TPSA) is 58.6 Å². The van der Waals surface area contributed by atoms with Crippen LogP contribution >= 0.6 is 0 Å². The van der Waals surface area contributed by atoms with E-state index < -0.39 is 0 Å². The molecule has 5 nitrogen and oxygen atoms in total. The van der Waals surface area contributed by atoms with E-state index in [4.69, 9.17) is 4.74 Å². The number of methoxy groups -OCH3 is 1. The summed E-state index contributed by atoms with van der Waals surface area (Å²) in [6, 6.07) is 7.01. The summed E-state index contributed by atoms with van der Waals surface area (Å²) < 4.78 is 5.05. The first-order valence-electron chi connectivity index (χ1n) is 6.30. The van der Waals surface area contributed by atoms with E-state index >= 15 is 0 Å². The van der Waals surface area contributed by atoms with Crippen molar-refractivity contribution < 1.29 is 14.3 Å². The van der Waals surface area contributed by atoms with E-state index in [0.29, 0.717) is 18.7 Å². The Morgan fingerprint density at radius 1 is 1.32 bits per heavy atom. The number of likely N-dealkylation sites (tertiary alicyclic amines) is 1. The summed E-state index contributed by atoms with van der Waals surface area (Å²) in [6.07, 6.45) is 0.807. The highest BCUT2D eigenvalue weighted by Crippen LogP contribution is 2.13. The van der Waals surface area contributed by atoms with Gasteiger partial charge in [0.15, 0.2) is 0 Å². The van der Waals surface area contributed by atoms with Gasteiger partial charge in [0.1, 0.15) is 5.75 Å². The predicted octanol–water partition coefficient (Wildman–Crippen LogP) is 1.05. The number of nitrogens with one attached hydrogen (secondary N) is 1. The number of carbonyl (C=O) groups excluding carboxylic acids is 2. The highest BCUT2D eigenvalue weighted by molar-refractivity contribution is 5.94. The molecule has 1 N–H and O–H groups in total. The van der Waals surface area contributed by atoms with E-state index in [2.05, 4.69) is 5.32 Å². The average Bonchev–Trinajstić information content (AvgIpc) is 2.87. The Labute approximate surface area is 112 Å². The van der Waals surface area contributed by atoms with E-state index in [1.807, 2.05) is 0 Å². The third-order valence-electron chi connectivity index (χ3n) is 3.32. The van der Waals surface area contributed by atoms with Crippen LogP contribution < -0.4 is 10.1 Å². The quantitative estimate of drug-likeness (QED) is 0.885. The number of carbonyl (C=O) groups is 2. The monoisotopic (exact) mass is 262 g/mol. The molecule has 1 saturated heterocycles. The van der Waals surface area contributed by atoms with Gasteiger partial charge in [-0.05, 0) is 30.7 Å². The van der Waals surface area contributed by atoms with Crippen molar-refractivity contribution in [1.29, 1.82) is 0 Å². The van der Waals surface area contributed by atoms with Crippen LogP contribution in [0.25, 0.3) is 0 Å². The summed E-state index contributed by atoms with van der Waals surface area (Å²) in [5, 5.41) is 2.94. The van der Waals surface area contributed by atoms with Crippen LogP contribution in [0.2, 0.25) is 0 Å². The highest BCUT2D eigenvalue weighted by Gasteiger charge is 2.25. The van der Waals surface area contributed by atoms with Crippen molar-refractivity contribution in [3.63, 3.8) is 0 Å². The Balaban J connectivity index is 1.92. The summed E-state index contributed by atoms with van der Waals surface area (Å²) in [5.41, 5.74) is 0.599. The van der Waals surface area contributed by atoms with Gasteiger partial charge >= 0.3 is 0 Å². The summed E-state index contributed by atoms with van der Waals surface area (Å²) in [7, 11) is 1.59. The standard InChI is InChI=1S/C14H18N2O3/c1-10(17)16-8-7-12(9-16)15-14(18)11-3-5-13(19-2)6-4-11/h3-6,12H,7-9H2,1-2H3,(H,15,18). The highest BCUT2D eigenvalue weighted by atomic mass is 16.5. The third kappa shape index (κ3) is 3.24. The lowest BCUT2D eigenvalue weighted by Crippen LogP contribution is -2.37. The van der Waals surface area contributed by atoms with Crippen LogP contribution in [0.3, 0.4) is 0 Å². The van der Waals surface area contributed by atoms with Crippen LogP contribution in [0, 0.1) is 0 Å². The van der Waals surface area contributed by atoms with Gasteiger partial charge in [-0.15, -0.1) is 0 Å².